The van der Waals surface area contributed by atoms with Crippen LogP contribution < -0.4 is 10.2 Å². The van der Waals surface area contributed by atoms with E-state index >= 15 is 4.39 Å². The number of imidazole rings is 1. The van der Waals surface area contributed by atoms with Crippen molar-refractivity contribution in [3.8, 4) is 17.2 Å². The summed E-state index contributed by atoms with van der Waals surface area (Å²) in [5.41, 5.74) is 2.38. The summed E-state index contributed by atoms with van der Waals surface area (Å²) in [6.45, 7) is 4.44. The van der Waals surface area contributed by atoms with Gasteiger partial charge in [0.2, 0.25) is 0 Å². The largest absolute Gasteiger partial charge is 0.351 e. The van der Waals surface area contributed by atoms with Crippen LogP contribution in [-0.4, -0.2) is 64.7 Å². The number of anilines is 1. The van der Waals surface area contributed by atoms with Crippen LogP contribution in [0.5, 0.6) is 0 Å². The number of nitrogens with zero attached hydrogens (tertiary/aromatic N) is 6. The number of likely N-dealkylation sites (N-methyl/N-ethyl adjacent to an activating group) is 1. The molecule has 0 spiro atoms. The smallest absolute Gasteiger partial charge is 0.158 e. The van der Waals surface area contributed by atoms with Crippen molar-refractivity contribution in [2.24, 2.45) is 0 Å². The number of benzene rings is 2. The summed E-state index contributed by atoms with van der Waals surface area (Å²) in [6.07, 6.45) is 3.87. The van der Waals surface area contributed by atoms with Crippen molar-refractivity contribution < 1.29 is 8.78 Å². The topological polar surface area (TPSA) is 73.0 Å². The van der Waals surface area contributed by atoms with Crippen LogP contribution in [0.2, 0.25) is 5.02 Å². The minimum Gasteiger partial charge on any atom is -0.351 e. The molecule has 2 aliphatic heterocycles. The van der Waals surface area contributed by atoms with E-state index in [0.29, 0.717) is 28.7 Å². The monoisotopic (exact) mass is 549 g/mol. The molecule has 4 heterocycles. The standard InChI is InChI=1S/C29H30ClF2N7/c1-29(37(2)3)14-38(15-29)28-26-27(39(16-35-26)20-9-11-34-19(12-20)8-10-33)21-13-22(30)23(24(32)25(21)36-28)17-4-6-18(31)7-5-17/h4-7,13,16,19-20,34H,8-9,11-12,14-15H2,1-3H3/t19-,20+/m1/s1. The van der Waals surface area contributed by atoms with E-state index in [1.165, 1.54) is 24.3 Å². The lowest BCUT2D eigenvalue weighted by Crippen LogP contribution is -2.67. The van der Waals surface area contributed by atoms with Crippen LogP contribution >= 0.6 is 11.6 Å². The lowest BCUT2D eigenvalue weighted by molar-refractivity contribution is 0.133. The molecule has 2 fully saturated rings. The molecular formula is C29H30ClF2N7. The number of hydrogen-bond acceptors (Lipinski definition) is 6. The second-order valence-electron chi connectivity index (χ2n) is 11.2. The van der Waals surface area contributed by atoms with Crippen molar-refractivity contribution in [2.75, 3.05) is 38.6 Å². The molecule has 2 aromatic heterocycles. The van der Waals surface area contributed by atoms with Crippen molar-refractivity contribution in [2.45, 2.75) is 43.8 Å². The van der Waals surface area contributed by atoms with Crippen molar-refractivity contribution in [1.82, 2.24) is 24.8 Å². The van der Waals surface area contributed by atoms with Crippen LogP contribution in [0.1, 0.15) is 32.2 Å². The molecule has 0 saturated carbocycles. The number of halogens is 3. The van der Waals surface area contributed by atoms with Crippen LogP contribution in [-0.2, 0) is 0 Å². The molecule has 2 aliphatic rings. The maximum Gasteiger partial charge on any atom is 0.158 e. The molecule has 0 bridgehead atoms. The Balaban J connectivity index is 1.56. The van der Waals surface area contributed by atoms with E-state index in [0.717, 1.165) is 38.0 Å². The molecule has 0 radical (unpaired) electrons. The zero-order chi connectivity index (χ0) is 27.5. The van der Waals surface area contributed by atoms with Crippen LogP contribution in [0.3, 0.4) is 0 Å². The quantitative estimate of drug-likeness (QED) is 0.353. The van der Waals surface area contributed by atoms with Gasteiger partial charge in [-0.15, -0.1) is 0 Å². The summed E-state index contributed by atoms with van der Waals surface area (Å²) in [6, 6.07) is 9.84. The van der Waals surface area contributed by atoms with Crippen molar-refractivity contribution in [3.05, 3.63) is 53.3 Å². The Bertz CT molecular complexity index is 1600. The van der Waals surface area contributed by atoms with Gasteiger partial charge in [-0.1, -0.05) is 23.7 Å². The number of piperidine rings is 1. The van der Waals surface area contributed by atoms with Gasteiger partial charge in [0, 0.05) is 36.1 Å². The number of nitrogens with one attached hydrogen (secondary N) is 1. The predicted octanol–water partition coefficient (Wildman–Crippen LogP) is 5.53. The van der Waals surface area contributed by atoms with Gasteiger partial charge in [-0.25, -0.2) is 18.7 Å². The number of fused-ring (bicyclic) bond motifs is 3. The first-order valence-electron chi connectivity index (χ1n) is 13.2. The van der Waals surface area contributed by atoms with Crippen LogP contribution in [0.15, 0.2) is 36.7 Å². The molecule has 4 aromatic rings. The van der Waals surface area contributed by atoms with Gasteiger partial charge in [-0.3, -0.25) is 0 Å². The molecular weight excluding hydrogens is 520 g/mol. The Morgan fingerprint density at radius 2 is 1.95 bits per heavy atom. The predicted molar refractivity (Wildman–Crippen MR) is 150 cm³/mol. The summed E-state index contributed by atoms with van der Waals surface area (Å²) in [5.74, 6) is -0.298. The van der Waals surface area contributed by atoms with E-state index in [9.17, 15) is 9.65 Å². The molecule has 0 aliphatic carbocycles. The lowest BCUT2D eigenvalue weighted by Gasteiger charge is -2.52. The molecule has 1 N–H and O–H groups in total. The number of pyridine rings is 1. The SMILES string of the molecule is CN(C)C1(C)CN(c2nc3c(F)c(-c4ccc(F)cc4)c(Cl)cc3c3c2ncn3[C@H]2CCN[C@H](CC#N)C2)C1. The van der Waals surface area contributed by atoms with Crippen molar-refractivity contribution in [1.29, 1.82) is 5.26 Å². The number of hydrogen-bond donors (Lipinski definition) is 1. The van der Waals surface area contributed by atoms with Gasteiger partial charge < -0.3 is 19.7 Å². The maximum atomic E-state index is 16.4. The van der Waals surface area contributed by atoms with Gasteiger partial charge in [0.15, 0.2) is 11.6 Å². The fourth-order valence-electron chi connectivity index (χ4n) is 5.94. The summed E-state index contributed by atoms with van der Waals surface area (Å²) in [4.78, 5) is 14.0. The van der Waals surface area contributed by atoms with E-state index in [-0.39, 0.29) is 33.7 Å². The first-order valence-corrected chi connectivity index (χ1v) is 13.5. The molecule has 202 valence electrons. The Morgan fingerprint density at radius 1 is 1.21 bits per heavy atom. The Kier molecular flexibility index (Phi) is 6.45. The molecule has 7 nitrogen and oxygen atoms in total. The van der Waals surface area contributed by atoms with Crippen molar-refractivity contribution >= 4 is 39.4 Å². The van der Waals surface area contributed by atoms with Crippen LogP contribution in [0, 0.1) is 23.0 Å². The highest BCUT2D eigenvalue weighted by Gasteiger charge is 2.42. The molecule has 0 unspecified atom stereocenters. The molecule has 2 aromatic carbocycles. The normalized spacial score (nSPS) is 20.9. The average molecular weight is 550 g/mol. The molecule has 6 rings (SSSR count). The second kappa shape index (κ2) is 9.70. The zero-order valence-electron chi connectivity index (χ0n) is 22.2. The summed E-state index contributed by atoms with van der Waals surface area (Å²) in [7, 11) is 4.11. The third kappa shape index (κ3) is 4.31. The Morgan fingerprint density at radius 3 is 2.64 bits per heavy atom. The fraction of sp³-hybridized carbons (Fsp3) is 0.414. The first-order chi connectivity index (χ1) is 18.7. The Labute approximate surface area is 231 Å². The third-order valence-electron chi connectivity index (χ3n) is 8.44. The highest BCUT2D eigenvalue weighted by molar-refractivity contribution is 6.34. The van der Waals surface area contributed by atoms with E-state index < -0.39 is 11.6 Å². The van der Waals surface area contributed by atoms with E-state index in [2.05, 4.69) is 46.8 Å². The van der Waals surface area contributed by atoms with Crippen molar-refractivity contribution in [3.63, 3.8) is 0 Å². The van der Waals surface area contributed by atoms with Gasteiger partial charge in [0.05, 0.1) is 34.9 Å². The highest BCUT2D eigenvalue weighted by atomic mass is 35.5. The number of rotatable bonds is 5. The summed E-state index contributed by atoms with van der Waals surface area (Å²) >= 11 is 6.71. The third-order valence-corrected chi connectivity index (χ3v) is 8.74. The number of nitriles is 1. The first kappa shape index (κ1) is 25.9. The minimum atomic E-state index is -0.538. The van der Waals surface area contributed by atoms with E-state index in [1.807, 2.05) is 6.33 Å². The minimum absolute atomic E-state index is 0.0249. The average Bonchev–Trinajstić information content (AvgIpc) is 3.34. The van der Waals surface area contributed by atoms with Gasteiger partial charge in [0.25, 0.3) is 0 Å². The molecule has 39 heavy (non-hydrogen) atoms. The van der Waals surface area contributed by atoms with Gasteiger partial charge in [0.1, 0.15) is 16.9 Å². The van der Waals surface area contributed by atoms with Crippen LogP contribution in [0.25, 0.3) is 33.1 Å². The highest BCUT2D eigenvalue weighted by Crippen LogP contribution is 2.42. The van der Waals surface area contributed by atoms with E-state index in [1.54, 1.807) is 6.07 Å². The van der Waals surface area contributed by atoms with Gasteiger partial charge in [-0.05, 0) is 64.2 Å². The van der Waals surface area contributed by atoms with Gasteiger partial charge >= 0.3 is 0 Å². The zero-order valence-corrected chi connectivity index (χ0v) is 22.9. The fourth-order valence-corrected chi connectivity index (χ4v) is 6.24. The lowest BCUT2D eigenvalue weighted by atomic mass is 9.90. The Hall–Kier alpha value is -3.32. The molecule has 2 atom stereocenters. The maximum absolute atomic E-state index is 16.4. The molecule has 2 saturated heterocycles. The molecule has 10 heteroatoms. The molecule has 0 amide bonds. The summed E-state index contributed by atoms with van der Waals surface area (Å²) in [5, 5.41) is 13.5. The van der Waals surface area contributed by atoms with Gasteiger partial charge in [-0.2, -0.15) is 5.26 Å². The summed E-state index contributed by atoms with van der Waals surface area (Å²) < 4.78 is 32.1. The van der Waals surface area contributed by atoms with E-state index in [4.69, 9.17) is 21.6 Å². The van der Waals surface area contributed by atoms with Crippen LogP contribution in [0.4, 0.5) is 14.6 Å². The second-order valence-corrected chi connectivity index (χ2v) is 11.6. The number of aromatic nitrogens is 3.